The largest absolute Gasteiger partial charge is 0.444 e. The van der Waals surface area contributed by atoms with Gasteiger partial charge < -0.3 is 18.9 Å². The van der Waals surface area contributed by atoms with Crippen LogP contribution in [0.2, 0.25) is 36.3 Å². The number of benzene rings is 1. The van der Waals surface area contributed by atoms with Crippen molar-refractivity contribution in [3.63, 3.8) is 0 Å². The number of fused-ring (bicyclic) bond motifs is 1. The van der Waals surface area contributed by atoms with E-state index in [2.05, 4.69) is 85.2 Å². The molecule has 4 heterocycles. The Kier molecular flexibility index (Phi) is 12.5. The molecule has 0 saturated carbocycles. The van der Waals surface area contributed by atoms with Gasteiger partial charge >= 0.3 is 6.09 Å². The topological polar surface area (TPSA) is 118 Å². The Bertz CT molecular complexity index is 2140. The Morgan fingerprint density at radius 1 is 0.839 bits per heavy atom. The van der Waals surface area contributed by atoms with Gasteiger partial charge in [-0.25, -0.2) is 14.5 Å². The Labute approximate surface area is 335 Å². The summed E-state index contributed by atoms with van der Waals surface area (Å²) in [6.07, 6.45) is 4.72. The van der Waals surface area contributed by atoms with Crippen molar-refractivity contribution in [1.29, 1.82) is 0 Å². The number of rotatable bonds is 13. The van der Waals surface area contributed by atoms with Crippen LogP contribution in [-0.2, 0) is 27.2 Å². The smallest absolute Gasteiger partial charge is 0.408 e. The maximum atomic E-state index is 13.2. The summed E-state index contributed by atoms with van der Waals surface area (Å²) in [5.74, 6) is 0.698. The van der Waals surface area contributed by atoms with Gasteiger partial charge in [0.05, 0.1) is 47.1 Å². The van der Waals surface area contributed by atoms with Gasteiger partial charge in [-0.05, 0) is 112 Å². The number of hydrogen-bond donors (Lipinski definition) is 1. The Morgan fingerprint density at radius 3 is 2.16 bits per heavy atom. The van der Waals surface area contributed by atoms with Gasteiger partial charge in [0.25, 0.3) is 0 Å². The summed E-state index contributed by atoms with van der Waals surface area (Å²) >= 11 is 0. The molecule has 0 radical (unpaired) electrons. The first kappa shape index (κ1) is 43.0. The van der Waals surface area contributed by atoms with Crippen LogP contribution in [0.3, 0.4) is 0 Å². The number of aryl methyl sites for hydroxylation is 1. The minimum Gasteiger partial charge on any atom is -0.444 e. The average molecular weight is 798 g/mol. The summed E-state index contributed by atoms with van der Waals surface area (Å²) in [6.45, 7) is 29.1. The van der Waals surface area contributed by atoms with Crippen molar-refractivity contribution in [3.8, 4) is 28.3 Å². The molecular weight excluding hydrogens is 735 g/mol. The van der Waals surface area contributed by atoms with Crippen LogP contribution < -0.4 is 5.32 Å². The molecule has 1 atom stereocenters. The van der Waals surface area contributed by atoms with Gasteiger partial charge in [-0.15, -0.1) is 0 Å². The first-order valence-electron chi connectivity index (χ1n) is 19.7. The molecule has 0 saturated heterocycles. The van der Waals surface area contributed by atoms with E-state index in [1.54, 1.807) is 4.68 Å². The molecule has 302 valence electrons. The van der Waals surface area contributed by atoms with Crippen molar-refractivity contribution in [2.24, 2.45) is 7.05 Å². The zero-order chi connectivity index (χ0) is 41.3. The molecular formula is C43H63N7O4Si2. The molecule has 0 unspecified atom stereocenters. The van der Waals surface area contributed by atoms with Crippen LogP contribution in [0, 0.1) is 0 Å². The summed E-state index contributed by atoms with van der Waals surface area (Å²) in [5, 5.41) is 13.9. The van der Waals surface area contributed by atoms with Crippen LogP contribution in [0.15, 0.2) is 67.0 Å². The summed E-state index contributed by atoms with van der Waals surface area (Å²) in [6, 6.07) is 17.8. The van der Waals surface area contributed by atoms with E-state index >= 15 is 0 Å². The molecule has 11 nitrogen and oxygen atoms in total. The highest BCUT2D eigenvalue weighted by Crippen LogP contribution is 2.39. The Hall–Kier alpha value is -4.18. The van der Waals surface area contributed by atoms with E-state index in [1.165, 1.54) is 0 Å². The number of aromatic nitrogens is 6. The van der Waals surface area contributed by atoms with E-state index in [1.807, 2.05) is 87.4 Å². The summed E-state index contributed by atoms with van der Waals surface area (Å²) in [5.41, 5.74) is 5.22. The van der Waals surface area contributed by atoms with Crippen LogP contribution in [-0.4, -0.2) is 64.5 Å². The maximum Gasteiger partial charge on any atom is 0.408 e. The van der Waals surface area contributed by atoms with Gasteiger partial charge in [0.15, 0.2) is 22.5 Å². The quantitative estimate of drug-likeness (QED) is 0.0924. The summed E-state index contributed by atoms with van der Waals surface area (Å²) in [7, 11) is -1.98. The van der Waals surface area contributed by atoms with E-state index in [4.69, 9.17) is 33.8 Å². The maximum absolute atomic E-state index is 13.2. The zero-order valence-electron chi connectivity index (χ0n) is 36.1. The fourth-order valence-corrected chi connectivity index (χ4v) is 7.77. The fourth-order valence-electron chi connectivity index (χ4n) is 5.75. The average Bonchev–Trinajstić information content (AvgIpc) is 3.73. The van der Waals surface area contributed by atoms with Gasteiger partial charge in [0, 0.05) is 36.4 Å². The van der Waals surface area contributed by atoms with Crippen LogP contribution in [0.4, 0.5) is 4.79 Å². The molecule has 13 heteroatoms. The number of carbonyl (C=O) groups excluding carboxylic acids is 1. The van der Waals surface area contributed by atoms with E-state index in [-0.39, 0.29) is 10.1 Å². The molecule has 0 spiro atoms. The highest BCUT2D eigenvalue weighted by Gasteiger charge is 2.38. The summed E-state index contributed by atoms with van der Waals surface area (Å²) < 4.78 is 22.4. The standard InChI is InChI=1S/C43H63N7O4Si2/c1-41(2,3)54-40(51)47-37(21-17-25-52-55(11,12)42(4,5)6)36-20-16-19-34(46-36)30-26-32(35-23-24-49(10)48-35)33-28-44-50(38(33)27-30)39-22-15-18-31(45-39)29-53-56(13,14)43(7,8)9/h15-16,18-20,22-24,26-28,37H,17,21,25,29H2,1-14H3,(H,47,51)/t37-/m0/s1. The Morgan fingerprint density at radius 2 is 1.52 bits per heavy atom. The van der Waals surface area contributed by atoms with Gasteiger partial charge in [-0.1, -0.05) is 53.7 Å². The number of amides is 1. The van der Waals surface area contributed by atoms with Crippen LogP contribution in [0.1, 0.15) is 92.6 Å². The lowest BCUT2D eigenvalue weighted by molar-refractivity contribution is 0.0497. The monoisotopic (exact) mass is 797 g/mol. The van der Waals surface area contributed by atoms with Crippen molar-refractivity contribution in [2.45, 2.75) is 130 Å². The minimum absolute atomic E-state index is 0.0946. The van der Waals surface area contributed by atoms with Crippen molar-refractivity contribution in [2.75, 3.05) is 6.61 Å². The second-order valence-electron chi connectivity index (χ2n) is 18.8. The number of pyridine rings is 2. The van der Waals surface area contributed by atoms with Crippen molar-refractivity contribution in [1.82, 2.24) is 34.8 Å². The number of ether oxygens (including phenoxy) is 1. The van der Waals surface area contributed by atoms with E-state index in [0.29, 0.717) is 25.5 Å². The predicted octanol–water partition coefficient (Wildman–Crippen LogP) is 10.8. The highest BCUT2D eigenvalue weighted by atomic mass is 28.4. The minimum atomic E-state index is -1.97. The third-order valence-electron chi connectivity index (χ3n) is 11.1. The first-order chi connectivity index (χ1) is 25.9. The number of nitrogens with one attached hydrogen (secondary N) is 1. The second kappa shape index (κ2) is 16.4. The van der Waals surface area contributed by atoms with Gasteiger partial charge in [0.2, 0.25) is 0 Å². The van der Waals surface area contributed by atoms with Crippen LogP contribution in [0.25, 0.3) is 39.2 Å². The second-order valence-corrected chi connectivity index (χ2v) is 28.4. The number of nitrogens with zero attached hydrogens (tertiary/aromatic N) is 6. The molecule has 0 aliphatic heterocycles. The fraction of sp³-hybridized carbons (Fsp3) is 0.512. The zero-order valence-corrected chi connectivity index (χ0v) is 38.1. The summed E-state index contributed by atoms with van der Waals surface area (Å²) in [4.78, 5) is 23.4. The van der Waals surface area contributed by atoms with Crippen molar-refractivity contribution >= 4 is 33.6 Å². The molecule has 0 aliphatic rings. The first-order valence-corrected chi connectivity index (χ1v) is 25.5. The third kappa shape index (κ3) is 10.4. The molecule has 4 aromatic heterocycles. The lowest BCUT2D eigenvalue weighted by Crippen LogP contribution is -2.41. The molecule has 1 amide bonds. The van der Waals surface area contributed by atoms with E-state index in [0.717, 1.165) is 51.2 Å². The Balaban J connectivity index is 1.53. The van der Waals surface area contributed by atoms with Crippen molar-refractivity contribution < 1.29 is 18.4 Å². The lowest BCUT2D eigenvalue weighted by Gasteiger charge is -2.36. The van der Waals surface area contributed by atoms with Gasteiger partial charge in [0.1, 0.15) is 5.60 Å². The molecule has 5 aromatic rings. The number of alkyl carbamates (subject to hydrolysis) is 1. The van der Waals surface area contributed by atoms with Gasteiger partial charge in [-0.3, -0.25) is 9.67 Å². The molecule has 0 bridgehead atoms. The van der Waals surface area contributed by atoms with Gasteiger partial charge in [-0.2, -0.15) is 10.2 Å². The molecule has 1 N–H and O–H groups in total. The number of hydrogen-bond acceptors (Lipinski definition) is 8. The normalized spacial score (nSPS) is 13.6. The van der Waals surface area contributed by atoms with E-state index in [9.17, 15) is 4.79 Å². The van der Waals surface area contributed by atoms with Crippen molar-refractivity contribution in [3.05, 3.63) is 78.4 Å². The van der Waals surface area contributed by atoms with Crippen LogP contribution in [0.5, 0.6) is 0 Å². The SMILES string of the molecule is Cn1ccc(-c2cc(-c3cccc([C@H](CCCO[Si](C)(C)C(C)(C)C)NC(=O)OC(C)(C)C)n3)cc3c2cnn3-c2cccc(CO[Si](C)(C)C(C)(C)C)n2)n1. The molecule has 0 fully saturated rings. The highest BCUT2D eigenvalue weighted by molar-refractivity contribution is 6.74. The molecule has 56 heavy (non-hydrogen) atoms. The third-order valence-corrected chi connectivity index (χ3v) is 20.1. The van der Waals surface area contributed by atoms with Crippen LogP contribution >= 0.6 is 0 Å². The number of carbonyl (C=O) groups is 1. The molecule has 1 aromatic carbocycles. The lowest BCUT2D eigenvalue weighted by atomic mass is 10.0. The predicted molar refractivity (Wildman–Crippen MR) is 231 cm³/mol. The molecule has 0 aliphatic carbocycles. The molecule has 5 rings (SSSR count). The van der Waals surface area contributed by atoms with E-state index < -0.39 is 34.4 Å².